The molecule has 15 heteroatoms. The predicted octanol–water partition coefficient (Wildman–Crippen LogP) is 7.61. The number of aliphatic hydroxyl groups excluding tert-OH is 1. The number of carbonyl (C=O) groups excluding carboxylic acids is 7. The lowest BCUT2D eigenvalue weighted by Crippen LogP contribution is -2.53. The van der Waals surface area contributed by atoms with Crippen molar-refractivity contribution in [3.05, 3.63) is 47.5 Å². The Kier molecular flexibility index (Phi) is 24.9. The summed E-state index contributed by atoms with van der Waals surface area (Å²) < 4.78 is 0. The van der Waals surface area contributed by atoms with Crippen LogP contribution in [0.2, 0.25) is 0 Å². The van der Waals surface area contributed by atoms with Crippen molar-refractivity contribution in [2.75, 3.05) is 20.7 Å². The van der Waals surface area contributed by atoms with E-state index in [0.29, 0.717) is 18.4 Å². The maximum absolute atomic E-state index is 14.3. The zero-order valence-corrected chi connectivity index (χ0v) is 42.7. The molecule has 69 heavy (non-hydrogen) atoms. The number of rotatable bonds is 27. The first-order valence-corrected chi connectivity index (χ1v) is 25.6. The number of aromatic hydroxyl groups is 2. The van der Waals surface area contributed by atoms with E-state index in [2.05, 4.69) is 22.9 Å². The van der Waals surface area contributed by atoms with Crippen LogP contribution in [0.5, 0.6) is 11.5 Å². The number of carbonyl (C=O) groups is 7. The molecule has 0 spiro atoms. The second kappa shape index (κ2) is 29.7. The van der Waals surface area contributed by atoms with Gasteiger partial charge in [-0.15, -0.1) is 0 Å². The number of aliphatic hydroxyl groups is 1. The molecule has 6 N–H and O–H groups in total. The number of nitrogens with one attached hydrogen (secondary N) is 3. The molecule has 1 aliphatic rings. The van der Waals surface area contributed by atoms with Crippen molar-refractivity contribution in [1.29, 1.82) is 0 Å². The fraction of sp³-hybridized carbons (Fsp3) is 0.648. The van der Waals surface area contributed by atoms with Gasteiger partial charge in [0.2, 0.25) is 29.5 Å². The molecule has 0 fully saturated rings. The average molecular weight is 962 g/mol. The third-order valence-electron chi connectivity index (χ3n) is 13.6. The number of phenols is 2. The van der Waals surface area contributed by atoms with Gasteiger partial charge in [0.25, 0.3) is 0 Å². The molecular weight excluding hydrogens is 879 g/mol. The Balaban J connectivity index is 1.66. The van der Waals surface area contributed by atoms with E-state index < -0.39 is 71.9 Å². The summed E-state index contributed by atoms with van der Waals surface area (Å²) >= 11 is 0. The van der Waals surface area contributed by atoms with E-state index in [9.17, 15) is 48.9 Å². The van der Waals surface area contributed by atoms with E-state index in [4.69, 9.17) is 0 Å². The number of Topliss-reactive ketones (excluding diaryl/α,β-unsaturated/α-hetero) is 2. The molecule has 2 aromatic carbocycles. The maximum atomic E-state index is 14.3. The number of ketones is 2. The second-order valence-corrected chi connectivity index (χ2v) is 19.5. The fourth-order valence-corrected chi connectivity index (χ4v) is 8.96. The number of benzene rings is 2. The van der Waals surface area contributed by atoms with Gasteiger partial charge in [-0.1, -0.05) is 124 Å². The van der Waals surface area contributed by atoms with Crippen molar-refractivity contribution in [3.63, 3.8) is 0 Å². The van der Waals surface area contributed by atoms with Crippen molar-refractivity contribution in [3.8, 4) is 22.6 Å². The highest BCUT2D eigenvalue weighted by atomic mass is 16.3. The molecule has 0 saturated carbocycles. The lowest BCUT2D eigenvalue weighted by molar-refractivity contribution is -0.142. The highest BCUT2D eigenvalue weighted by Crippen LogP contribution is 2.39. The molecule has 0 aliphatic carbocycles. The van der Waals surface area contributed by atoms with E-state index in [1.165, 1.54) is 113 Å². The molecule has 4 bridgehead atoms. The van der Waals surface area contributed by atoms with Gasteiger partial charge in [-0.25, -0.2) is 0 Å². The van der Waals surface area contributed by atoms with Gasteiger partial charge in [-0.2, -0.15) is 0 Å². The van der Waals surface area contributed by atoms with Crippen LogP contribution < -0.4 is 16.0 Å². The molecule has 0 aromatic heterocycles. The topological polar surface area (TPSA) is 223 Å². The highest BCUT2D eigenvalue weighted by Gasteiger charge is 2.35. The smallest absolute Gasteiger partial charge is 0.245 e. The Morgan fingerprint density at radius 1 is 0.725 bits per heavy atom. The molecular formula is C54H83N5O10. The van der Waals surface area contributed by atoms with Crippen LogP contribution in [0, 0.1) is 11.8 Å². The third-order valence-corrected chi connectivity index (χ3v) is 13.6. The molecule has 2 aromatic rings. The Morgan fingerprint density at radius 3 is 1.86 bits per heavy atom. The fourth-order valence-electron chi connectivity index (χ4n) is 8.96. The van der Waals surface area contributed by atoms with Crippen LogP contribution in [0.15, 0.2) is 36.4 Å². The predicted molar refractivity (Wildman–Crippen MR) is 268 cm³/mol. The summed E-state index contributed by atoms with van der Waals surface area (Å²) in [5.74, 6) is -4.79. The summed E-state index contributed by atoms with van der Waals surface area (Å²) in [5, 5.41) is 40.7. The number of nitrogens with zero attached hydrogens (tertiary/aromatic N) is 2. The lowest BCUT2D eigenvalue weighted by atomic mass is 9.89. The molecule has 6 atom stereocenters. The lowest BCUT2D eigenvalue weighted by Gasteiger charge is -2.30. The van der Waals surface area contributed by atoms with Crippen LogP contribution in [-0.2, 0) is 40.0 Å². The molecule has 1 heterocycles. The van der Waals surface area contributed by atoms with Gasteiger partial charge in [0.1, 0.15) is 29.6 Å². The largest absolute Gasteiger partial charge is 0.507 e. The highest BCUT2D eigenvalue weighted by molar-refractivity contribution is 5.97. The zero-order chi connectivity index (χ0) is 51.2. The van der Waals surface area contributed by atoms with Crippen LogP contribution in [0.25, 0.3) is 11.1 Å². The first-order valence-electron chi connectivity index (χ1n) is 25.6. The third kappa shape index (κ3) is 18.2. The molecule has 5 amide bonds. The quantitative estimate of drug-likeness (QED) is 0.0481. The van der Waals surface area contributed by atoms with E-state index in [0.717, 1.165) is 19.3 Å². The Labute approximate surface area is 410 Å². The number of unbranched alkanes of at least 4 members (excludes halogenated alkanes) is 12. The Bertz CT molecular complexity index is 2020. The minimum absolute atomic E-state index is 0.0552. The second-order valence-electron chi connectivity index (χ2n) is 19.5. The zero-order valence-electron chi connectivity index (χ0n) is 42.7. The summed E-state index contributed by atoms with van der Waals surface area (Å²) in [6, 6.07) is 4.20. The van der Waals surface area contributed by atoms with Crippen molar-refractivity contribution in [2.45, 2.75) is 194 Å². The van der Waals surface area contributed by atoms with E-state index >= 15 is 0 Å². The normalized spacial score (nSPS) is 17.5. The number of hydrogen-bond acceptors (Lipinski definition) is 10. The molecule has 3 rings (SSSR count). The molecule has 384 valence electrons. The molecule has 0 unspecified atom stereocenters. The first-order chi connectivity index (χ1) is 32.8. The van der Waals surface area contributed by atoms with Crippen molar-refractivity contribution < 1.29 is 48.9 Å². The van der Waals surface area contributed by atoms with Crippen molar-refractivity contribution >= 4 is 41.1 Å². The van der Waals surface area contributed by atoms with Crippen LogP contribution in [-0.4, -0.2) is 111 Å². The van der Waals surface area contributed by atoms with Gasteiger partial charge < -0.3 is 41.1 Å². The summed E-state index contributed by atoms with van der Waals surface area (Å²) in [7, 11) is 2.85. The number of phenolic OH excluding ortho intramolecular Hbond substituents is 2. The SMILES string of the molecule is CCCCCCCCCCCCCCCC(=O)N(C)[C@H](CO)C(=O)N[C@H](C)C(=O)CCC(=O)N(C)[C@@H]1C(=O)C[C@@H](C)C(=O)N[C@H](C(=O)N[C@@H](CC)C(C)C)Cc2ccc(O)c(c2)-c2cc1ccc2O. The van der Waals surface area contributed by atoms with Crippen LogP contribution in [0.4, 0.5) is 0 Å². The van der Waals surface area contributed by atoms with Gasteiger partial charge in [0.05, 0.1) is 12.6 Å². The molecule has 0 saturated heterocycles. The Hall–Kier alpha value is -5.31. The van der Waals surface area contributed by atoms with Gasteiger partial charge in [0.15, 0.2) is 11.6 Å². The van der Waals surface area contributed by atoms with Crippen molar-refractivity contribution in [2.24, 2.45) is 11.8 Å². The average Bonchev–Trinajstić information content (AvgIpc) is 3.31. The number of fused-ring (bicyclic) bond motifs is 5. The summed E-state index contributed by atoms with van der Waals surface area (Å²) in [4.78, 5) is 97.6. The summed E-state index contributed by atoms with van der Waals surface area (Å²) in [5.41, 5.74) is 1.23. The summed E-state index contributed by atoms with van der Waals surface area (Å²) in [6.45, 7) is 10.5. The van der Waals surface area contributed by atoms with E-state index in [1.54, 1.807) is 19.1 Å². The maximum Gasteiger partial charge on any atom is 0.245 e. The van der Waals surface area contributed by atoms with Gasteiger partial charge in [0, 0.05) is 69.3 Å². The van der Waals surface area contributed by atoms with Crippen LogP contribution in [0.3, 0.4) is 0 Å². The number of amides is 5. The van der Waals surface area contributed by atoms with E-state index in [-0.39, 0.29) is 78.2 Å². The van der Waals surface area contributed by atoms with Gasteiger partial charge >= 0.3 is 0 Å². The summed E-state index contributed by atoms with van der Waals surface area (Å²) in [6.07, 6.45) is 15.2. The Morgan fingerprint density at radius 2 is 1.29 bits per heavy atom. The monoisotopic (exact) mass is 962 g/mol. The minimum atomic E-state index is -1.29. The minimum Gasteiger partial charge on any atom is -0.507 e. The van der Waals surface area contributed by atoms with Crippen LogP contribution >= 0.6 is 0 Å². The molecule has 15 nitrogen and oxygen atoms in total. The van der Waals surface area contributed by atoms with Crippen molar-refractivity contribution in [1.82, 2.24) is 25.8 Å². The molecule has 1 aliphatic heterocycles. The molecule has 0 radical (unpaired) electrons. The number of hydrogen-bond donors (Lipinski definition) is 6. The first kappa shape index (κ1) is 58.0. The van der Waals surface area contributed by atoms with E-state index in [1.807, 2.05) is 20.8 Å². The van der Waals surface area contributed by atoms with Gasteiger partial charge in [-0.05, 0) is 61.1 Å². The number of likely N-dealkylation sites (N-methyl/N-ethyl adjacent to an activating group) is 2. The standard InChI is InChI=1S/C54H83N5O10/c1-9-11-12-13-14-15-16-17-18-19-20-21-22-23-49(65)58(7)44(34-60)54(69)55-37(6)45(61)28-29-50(66)59(8)51-39-25-27-47(63)41(33-39)40-31-38(24-26-46(40)62)32-43(53(68)56-42(10-2)35(3)4)57-52(67)36(5)30-48(51)64/h24-27,31,33,35-37,42-44,51,60,62-63H,9-23,28-30,32,34H2,1-8H3,(H,55,69)(H,56,68)(H,57,67)/t36-,37-,42+,43+,44-,51+/m1/s1. The van der Waals surface area contributed by atoms with Crippen LogP contribution in [0.1, 0.15) is 174 Å². The van der Waals surface area contributed by atoms with Gasteiger partial charge in [-0.3, -0.25) is 33.6 Å².